The number of hydrogen-bond acceptors (Lipinski definition) is 1. The Kier molecular flexibility index (Phi) is 7.86. The molecule has 5 heteroatoms. The zero-order valence-electron chi connectivity index (χ0n) is 6.90. The van der Waals surface area contributed by atoms with Crippen molar-refractivity contribution in [3.8, 4) is 0 Å². The number of hydrogen-bond donors (Lipinski definition) is 2. The van der Waals surface area contributed by atoms with Crippen molar-refractivity contribution in [2.24, 2.45) is 0 Å². The lowest BCUT2D eigenvalue weighted by Crippen LogP contribution is -2.07. The van der Waals surface area contributed by atoms with Crippen LogP contribution in [0.4, 0.5) is 0 Å². The quantitative estimate of drug-likeness (QED) is 0.508. The average molecular weight is 198 g/mol. The zero-order valence-corrected chi connectivity index (χ0v) is 9.31. The predicted octanol–water partition coefficient (Wildman–Crippen LogP) is 0.425. The molecule has 64 valence electrons. The second kappa shape index (κ2) is 7.77. The van der Waals surface area contributed by atoms with Crippen LogP contribution >= 0.6 is 8.25 Å². The summed E-state index contributed by atoms with van der Waals surface area (Å²) >= 11 is 0.0913. The van der Waals surface area contributed by atoms with Crippen molar-refractivity contribution in [2.75, 3.05) is 0 Å². The summed E-state index contributed by atoms with van der Waals surface area (Å²) in [6.07, 6.45) is 0. The van der Waals surface area contributed by atoms with Gasteiger partial charge in [0.05, 0.1) is 0 Å². The molecule has 0 aliphatic rings. The Balaban J connectivity index is 0.000000261. The molecule has 0 aliphatic heterocycles. The van der Waals surface area contributed by atoms with Crippen LogP contribution < -0.4 is 3.69 Å². The lowest BCUT2D eigenvalue weighted by Gasteiger charge is -1.88. The molecule has 0 heterocycles. The van der Waals surface area contributed by atoms with Gasteiger partial charge in [-0.3, -0.25) is 4.57 Å². The Hall–Kier alpha value is 0.136. The lowest BCUT2D eigenvalue weighted by atomic mass is 10.4. The molecule has 0 amide bonds. The Morgan fingerprint density at radius 3 is 1.92 bits per heavy atom. The summed E-state index contributed by atoms with van der Waals surface area (Å²) in [6.45, 7) is 0. The van der Waals surface area contributed by atoms with Crippen molar-refractivity contribution in [3.63, 3.8) is 0 Å². The maximum absolute atomic E-state index is 8.74. The van der Waals surface area contributed by atoms with E-state index in [0.29, 0.717) is 0 Å². The Labute approximate surface area is 82.1 Å². The van der Waals surface area contributed by atoms with Crippen LogP contribution in [-0.4, -0.2) is 30.2 Å². The van der Waals surface area contributed by atoms with Crippen molar-refractivity contribution >= 4 is 32.3 Å². The minimum Gasteiger partial charge on any atom is -0.326 e. The minimum atomic E-state index is -3.13. The van der Waals surface area contributed by atoms with Crippen LogP contribution in [0.25, 0.3) is 0 Å². The summed E-state index contributed by atoms with van der Waals surface area (Å²) < 4.78 is 10.3. The van der Waals surface area contributed by atoms with E-state index in [1.165, 1.54) is 0 Å². The van der Waals surface area contributed by atoms with Gasteiger partial charge in [0, 0.05) is 0 Å². The molecular weight excluding hydrogens is 187 g/mol. The maximum atomic E-state index is 8.74. The van der Waals surface area contributed by atoms with Gasteiger partial charge < -0.3 is 9.79 Å². The molecule has 0 fully saturated rings. The number of rotatable bonds is 1. The molecule has 0 spiro atoms. The van der Waals surface area contributed by atoms with Gasteiger partial charge in [-0.2, -0.15) is 3.69 Å². The lowest BCUT2D eigenvalue weighted by molar-refractivity contribution is 0.405. The minimum absolute atomic E-state index is 0.0913. The maximum Gasteiger partial charge on any atom is 0.404 e. The molecule has 0 unspecified atom stereocenters. The molecule has 0 atom stereocenters. The van der Waals surface area contributed by atoms with E-state index >= 15 is 0 Å². The van der Waals surface area contributed by atoms with Crippen molar-refractivity contribution in [1.29, 1.82) is 0 Å². The first-order chi connectivity index (χ1) is 5.66. The summed E-state index contributed by atoms with van der Waals surface area (Å²) in [6, 6.07) is 10.7. The van der Waals surface area contributed by atoms with E-state index in [0.717, 1.165) is 0 Å². The Morgan fingerprint density at radius 2 is 1.67 bits per heavy atom. The molecule has 1 aromatic rings. The fourth-order valence-corrected chi connectivity index (χ4v) is 1.46. The second-order valence-electron chi connectivity index (χ2n) is 2.12. The predicted molar refractivity (Wildman–Crippen MR) is 51.1 cm³/mol. The van der Waals surface area contributed by atoms with E-state index in [2.05, 4.69) is 35.4 Å². The molecule has 0 saturated heterocycles. The largest absolute Gasteiger partial charge is 0.404 e. The van der Waals surface area contributed by atoms with E-state index in [4.69, 9.17) is 14.4 Å². The van der Waals surface area contributed by atoms with Gasteiger partial charge in [0.15, 0.2) is 0 Å². The molecule has 1 aromatic carbocycles. The first-order valence-corrected chi connectivity index (χ1v) is 7.05. The standard InChI is InChI=1S/C6H5.CH3.Mg.H3O3P/c1-2-4-6-5-3-1;;;1-4(2)3/h1-5H;1H3;;4H,(H2,1,2,3). The highest BCUT2D eigenvalue weighted by atomic mass is 31.1. The molecule has 0 aliphatic carbocycles. The Morgan fingerprint density at radius 1 is 1.25 bits per heavy atom. The van der Waals surface area contributed by atoms with Crippen molar-refractivity contribution in [2.45, 2.75) is 5.05 Å². The third-order valence-electron chi connectivity index (χ3n) is 1.25. The van der Waals surface area contributed by atoms with Gasteiger partial charge >= 0.3 is 28.6 Å². The highest BCUT2D eigenvalue weighted by Crippen LogP contribution is 1.98. The molecule has 1 rings (SSSR count). The van der Waals surface area contributed by atoms with Gasteiger partial charge in [0.1, 0.15) is 0 Å². The highest BCUT2D eigenvalue weighted by molar-refractivity contribution is 7.30. The summed E-state index contributed by atoms with van der Waals surface area (Å²) in [5.74, 6) is 0. The fraction of sp³-hybridized carbons (Fsp3) is 0.143. The summed E-state index contributed by atoms with van der Waals surface area (Å²) in [5, 5.41) is 2.30. The van der Waals surface area contributed by atoms with Crippen LogP contribution in [-0.2, 0) is 4.57 Å². The summed E-state index contributed by atoms with van der Waals surface area (Å²) in [4.78, 5) is 14.3. The SMILES string of the molecule is O=[PH](O)O.[CH3][Mg][c]1ccccc1. The van der Waals surface area contributed by atoms with Crippen molar-refractivity contribution < 1.29 is 14.4 Å². The zero-order chi connectivity index (χ0) is 9.40. The van der Waals surface area contributed by atoms with Gasteiger partial charge in [0.2, 0.25) is 0 Å². The first-order valence-electron chi connectivity index (χ1n) is 3.62. The van der Waals surface area contributed by atoms with Crippen LogP contribution in [0.1, 0.15) is 0 Å². The van der Waals surface area contributed by atoms with Gasteiger partial charge in [-0.1, -0.05) is 30.3 Å². The fourth-order valence-electron chi connectivity index (χ4n) is 0.714. The van der Waals surface area contributed by atoms with E-state index in [1.807, 2.05) is 0 Å². The molecular formula is C7H11MgO3P. The first kappa shape index (κ1) is 12.1. The molecule has 0 bridgehead atoms. The van der Waals surface area contributed by atoms with Gasteiger partial charge in [-0.05, 0) is 0 Å². The Bertz CT molecular complexity index is 223. The normalized spacial score (nSPS) is 8.33. The van der Waals surface area contributed by atoms with Crippen molar-refractivity contribution in [3.05, 3.63) is 30.3 Å². The van der Waals surface area contributed by atoms with Crippen LogP contribution in [0.15, 0.2) is 30.3 Å². The van der Waals surface area contributed by atoms with Gasteiger partial charge in [-0.25, -0.2) is 0 Å². The van der Waals surface area contributed by atoms with Crippen LogP contribution in [0, 0.1) is 0 Å². The molecule has 0 radical (unpaired) electrons. The van der Waals surface area contributed by atoms with Crippen molar-refractivity contribution in [1.82, 2.24) is 0 Å². The summed E-state index contributed by atoms with van der Waals surface area (Å²) in [7, 11) is -3.13. The third kappa shape index (κ3) is 8.23. The highest BCUT2D eigenvalue weighted by Gasteiger charge is 1.85. The molecule has 3 nitrogen and oxygen atoms in total. The number of benzene rings is 1. The molecule has 0 aromatic heterocycles. The van der Waals surface area contributed by atoms with Crippen LogP contribution in [0.5, 0.6) is 0 Å². The van der Waals surface area contributed by atoms with E-state index in [-0.39, 0.29) is 20.4 Å². The van der Waals surface area contributed by atoms with E-state index in [1.54, 1.807) is 3.69 Å². The van der Waals surface area contributed by atoms with Crippen LogP contribution in [0.3, 0.4) is 0 Å². The monoisotopic (exact) mass is 198 g/mol. The third-order valence-corrected chi connectivity index (χ3v) is 2.54. The average Bonchev–Trinajstić information content (AvgIpc) is 2.05. The molecule has 2 N–H and O–H groups in total. The van der Waals surface area contributed by atoms with Crippen LogP contribution in [0.2, 0.25) is 5.05 Å². The second-order valence-corrected chi connectivity index (χ2v) is 4.21. The molecule has 0 saturated carbocycles. The summed E-state index contributed by atoms with van der Waals surface area (Å²) in [5.41, 5.74) is 0. The van der Waals surface area contributed by atoms with Gasteiger partial charge in [-0.15, -0.1) is 5.05 Å². The molecule has 12 heavy (non-hydrogen) atoms. The topological polar surface area (TPSA) is 57.5 Å². The van der Waals surface area contributed by atoms with Gasteiger partial charge in [0.25, 0.3) is 0 Å². The smallest absolute Gasteiger partial charge is 0.326 e. The van der Waals surface area contributed by atoms with E-state index in [9.17, 15) is 0 Å². The van der Waals surface area contributed by atoms with E-state index < -0.39 is 8.25 Å².